The van der Waals surface area contributed by atoms with E-state index in [4.69, 9.17) is 14.2 Å². The summed E-state index contributed by atoms with van der Waals surface area (Å²) in [5.74, 6) is -0.883. The van der Waals surface area contributed by atoms with Crippen molar-refractivity contribution in [1.29, 1.82) is 0 Å². The van der Waals surface area contributed by atoms with Gasteiger partial charge in [0.2, 0.25) is 0 Å². The molecule has 6 rings (SSSR count). The van der Waals surface area contributed by atoms with Gasteiger partial charge in [0, 0.05) is 25.3 Å². The first kappa shape index (κ1) is 37.3. The molecule has 8 heteroatoms. The fourth-order valence-corrected chi connectivity index (χ4v) is 12.5. The van der Waals surface area contributed by atoms with Crippen LogP contribution in [0.5, 0.6) is 11.5 Å². The van der Waals surface area contributed by atoms with Crippen LogP contribution in [0.2, 0.25) is 0 Å². The average Bonchev–Trinajstić information content (AvgIpc) is 3.01. The molecule has 1 N–H and O–H groups in total. The van der Waals surface area contributed by atoms with E-state index < -0.39 is 29.3 Å². The Labute approximate surface area is 303 Å². The van der Waals surface area contributed by atoms with Gasteiger partial charge < -0.3 is 19.3 Å². The van der Waals surface area contributed by atoms with Crippen molar-refractivity contribution in [2.45, 2.75) is 133 Å². The summed E-state index contributed by atoms with van der Waals surface area (Å²) < 4.78 is 16.6. The molecule has 5 aliphatic carbocycles. The monoisotopic (exact) mass is 702 g/mol. The Morgan fingerprint density at radius 3 is 2.04 bits per heavy atom. The summed E-state index contributed by atoms with van der Waals surface area (Å²) in [4.78, 5) is 49.4. The van der Waals surface area contributed by atoms with E-state index in [0.717, 1.165) is 57.8 Å². The lowest BCUT2D eigenvalue weighted by Crippen LogP contribution is -2.64. The molecule has 5 aliphatic rings. The average molecular weight is 703 g/mol. The molecule has 0 aliphatic heterocycles. The van der Waals surface area contributed by atoms with Crippen LogP contribution in [-0.4, -0.2) is 35.1 Å². The number of carboxylic acid groups (broad SMARTS) is 1. The second-order valence-corrected chi connectivity index (χ2v) is 18.7. The molecule has 0 amide bonds. The number of allylic oxidation sites excluding steroid dienone is 2. The van der Waals surface area contributed by atoms with Gasteiger partial charge in [-0.25, -0.2) is 4.79 Å². The van der Waals surface area contributed by atoms with Crippen molar-refractivity contribution in [3.63, 3.8) is 0 Å². The zero-order valence-corrected chi connectivity index (χ0v) is 32.1. The fraction of sp³-hybridized carbons (Fsp3) is 0.674. The molecule has 8 nitrogen and oxygen atoms in total. The van der Waals surface area contributed by atoms with E-state index in [1.165, 1.54) is 26.0 Å². The van der Waals surface area contributed by atoms with E-state index in [0.29, 0.717) is 23.8 Å². The minimum absolute atomic E-state index is 0.0167. The van der Waals surface area contributed by atoms with Crippen LogP contribution in [0.4, 0.5) is 0 Å². The predicted molar refractivity (Wildman–Crippen MR) is 195 cm³/mol. The van der Waals surface area contributed by atoms with Gasteiger partial charge in [-0.05, 0) is 127 Å². The van der Waals surface area contributed by atoms with Crippen molar-refractivity contribution >= 4 is 30.0 Å². The molecular formula is C43H58O8. The largest absolute Gasteiger partial charge is 0.481 e. The molecule has 0 spiro atoms. The van der Waals surface area contributed by atoms with Crippen LogP contribution in [0.25, 0.3) is 6.08 Å². The van der Waals surface area contributed by atoms with Crippen LogP contribution >= 0.6 is 0 Å². The zero-order valence-electron chi connectivity index (χ0n) is 32.1. The van der Waals surface area contributed by atoms with E-state index in [2.05, 4.69) is 54.5 Å². The molecule has 51 heavy (non-hydrogen) atoms. The van der Waals surface area contributed by atoms with E-state index in [1.807, 2.05) is 0 Å². The minimum atomic E-state index is -0.658. The van der Waals surface area contributed by atoms with Crippen molar-refractivity contribution in [2.24, 2.45) is 50.2 Å². The van der Waals surface area contributed by atoms with Crippen LogP contribution in [0.3, 0.4) is 0 Å². The number of benzene rings is 1. The Bertz CT molecular complexity index is 1680. The molecule has 0 bridgehead atoms. The molecule has 0 aromatic heterocycles. The van der Waals surface area contributed by atoms with Gasteiger partial charge in [0.05, 0.1) is 5.41 Å². The fourth-order valence-electron chi connectivity index (χ4n) is 12.5. The zero-order chi connectivity index (χ0) is 37.4. The number of hydrogen-bond donors (Lipinski definition) is 1. The number of esters is 3. The maximum atomic E-state index is 13.3. The van der Waals surface area contributed by atoms with Gasteiger partial charge in [0.15, 0.2) is 11.5 Å². The second-order valence-electron chi connectivity index (χ2n) is 18.7. The normalized spacial score (nSPS) is 37.8. The number of hydrogen-bond acceptors (Lipinski definition) is 7. The van der Waals surface area contributed by atoms with Gasteiger partial charge in [-0.1, -0.05) is 66.2 Å². The third kappa shape index (κ3) is 6.16. The molecule has 8 atom stereocenters. The molecule has 0 saturated heterocycles. The highest BCUT2D eigenvalue weighted by Gasteiger charge is 2.68. The lowest BCUT2D eigenvalue weighted by atomic mass is 9.34. The first-order chi connectivity index (χ1) is 23.7. The lowest BCUT2D eigenvalue weighted by molar-refractivity contribution is -0.199. The number of rotatable bonds is 6. The van der Waals surface area contributed by atoms with Gasteiger partial charge in [-0.2, -0.15) is 0 Å². The van der Waals surface area contributed by atoms with Crippen LogP contribution < -0.4 is 9.47 Å². The molecular weight excluding hydrogens is 644 g/mol. The number of aliphatic carboxylic acids is 1. The summed E-state index contributed by atoms with van der Waals surface area (Å²) in [5.41, 5.74) is 1.36. The van der Waals surface area contributed by atoms with Crippen LogP contribution in [0.15, 0.2) is 35.9 Å². The number of ether oxygens (including phenoxy) is 3. The molecule has 1 aromatic carbocycles. The highest BCUT2D eigenvalue weighted by Crippen LogP contribution is 2.75. The Kier molecular flexibility index (Phi) is 9.24. The number of fused-ring (bicyclic) bond motifs is 7. The number of carbonyl (C=O) groups excluding carboxylic acids is 3. The highest BCUT2D eigenvalue weighted by atomic mass is 16.6. The van der Waals surface area contributed by atoms with E-state index in [9.17, 15) is 24.3 Å². The van der Waals surface area contributed by atoms with Gasteiger partial charge in [0.25, 0.3) is 0 Å². The second kappa shape index (κ2) is 12.6. The summed E-state index contributed by atoms with van der Waals surface area (Å²) in [7, 11) is 0. The van der Waals surface area contributed by atoms with Crippen molar-refractivity contribution in [1.82, 2.24) is 0 Å². The standard InChI is InChI=1S/C43H58O8/c1-26(44)49-29-12-10-28(24-30(29)50-27(2)45)11-13-36(46)51-35-17-20-40(7)31(39(35,5)6)14-18-41(8)32(40)15-19-42(9)33(41)16-21-43(37(47)48)23-22-38(3,4)25-34(42)43/h10-13,16,24,31-32,34-35H,14-15,17-23,25H2,1-9H3,(H,47,48)/b13-11+/t31-,32+,34-,35+,40-,41+,42+,43+/m0/s1. The van der Waals surface area contributed by atoms with E-state index >= 15 is 0 Å². The Balaban J connectivity index is 1.20. The summed E-state index contributed by atoms with van der Waals surface area (Å²) in [6, 6.07) is 4.76. The number of carbonyl (C=O) groups is 4. The quantitative estimate of drug-likeness (QED) is 0.135. The summed E-state index contributed by atoms with van der Waals surface area (Å²) in [6.45, 7) is 19.1. The summed E-state index contributed by atoms with van der Waals surface area (Å²) in [6.07, 6.45) is 14.5. The van der Waals surface area contributed by atoms with Crippen molar-refractivity contribution in [3.05, 3.63) is 41.5 Å². The third-order valence-electron chi connectivity index (χ3n) is 14.9. The van der Waals surface area contributed by atoms with E-state index in [1.54, 1.807) is 23.8 Å². The van der Waals surface area contributed by atoms with Crippen LogP contribution in [0, 0.1) is 50.2 Å². The maximum absolute atomic E-state index is 13.3. The molecule has 4 fully saturated rings. The minimum Gasteiger partial charge on any atom is -0.481 e. The maximum Gasteiger partial charge on any atom is 0.331 e. The van der Waals surface area contributed by atoms with Gasteiger partial charge in [0.1, 0.15) is 6.10 Å². The smallest absolute Gasteiger partial charge is 0.331 e. The Morgan fingerprint density at radius 1 is 0.765 bits per heavy atom. The van der Waals surface area contributed by atoms with Crippen LogP contribution in [-0.2, 0) is 23.9 Å². The van der Waals surface area contributed by atoms with Gasteiger partial charge in [-0.15, -0.1) is 0 Å². The molecule has 278 valence electrons. The van der Waals surface area contributed by atoms with E-state index in [-0.39, 0.29) is 50.6 Å². The Morgan fingerprint density at radius 2 is 1.39 bits per heavy atom. The van der Waals surface area contributed by atoms with Gasteiger partial charge in [-0.3, -0.25) is 14.4 Å². The van der Waals surface area contributed by atoms with Gasteiger partial charge >= 0.3 is 23.9 Å². The highest BCUT2D eigenvalue weighted by molar-refractivity contribution is 5.87. The van der Waals surface area contributed by atoms with Crippen molar-refractivity contribution in [2.75, 3.05) is 0 Å². The lowest BCUT2D eigenvalue weighted by Gasteiger charge is -2.70. The third-order valence-corrected chi connectivity index (χ3v) is 14.9. The molecule has 0 radical (unpaired) electrons. The predicted octanol–water partition coefficient (Wildman–Crippen LogP) is 9.35. The first-order valence-electron chi connectivity index (χ1n) is 19.0. The van der Waals surface area contributed by atoms with Crippen LogP contribution in [0.1, 0.15) is 132 Å². The summed E-state index contributed by atoms with van der Waals surface area (Å²) in [5, 5.41) is 10.7. The first-order valence-corrected chi connectivity index (χ1v) is 19.0. The molecule has 1 aromatic rings. The topological polar surface area (TPSA) is 116 Å². The number of carboxylic acids is 1. The van der Waals surface area contributed by atoms with Crippen molar-refractivity contribution in [3.8, 4) is 11.5 Å². The molecule has 4 saturated carbocycles. The SMILES string of the molecule is CC(=O)Oc1ccc(/C=C/C(=O)O[C@@H]2CC[C@]3(C)[C@H]4CC[C@]5(C)C(=CC[C@@]6(C(=O)O)CCC(C)(C)C[C@H]65)[C@]4(C)CC[C@H]3C2(C)C)cc1OC(C)=O. The van der Waals surface area contributed by atoms with Crippen molar-refractivity contribution < 1.29 is 38.5 Å². The molecule has 0 heterocycles. The summed E-state index contributed by atoms with van der Waals surface area (Å²) >= 11 is 0. The molecule has 0 unspecified atom stereocenters. The Hall–Kier alpha value is -3.42.